The van der Waals surface area contributed by atoms with Crippen molar-refractivity contribution in [3.8, 4) is 0 Å². The SMILES string of the molecule is CCCCN1CN(C)c2ccccc21.O=C(O)c1ccccc1. The van der Waals surface area contributed by atoms with Crippen LogP contribution in [0.25, 0.3) is 0 Å². The Balaban J connectivity index is 0.000000185. The van der Waals surface area contributed by atoms with E-state index < -0.39 is 5.97 Å². The van der Waals surface area contributed by atoms with E-state index >= 15 is 0 Å². The molecule has 1 heterocycles. The Kier molecular flexibility index (Phi) is 6.03. The Hall–Kier alpha value is -2.49. The van der Waals surface area contributed by atoms with Gasteiger partial charge in [0.15, 0.2) is 0 Å². The Labute approximate surface area is 138 Å². The molecule has 1 aliphatic rings. The van der Waals surface area contributed by atoms with Gasteiger partial charge in [0.1, 0.15) is 0 Å². The lowest BCUT2D eigenvalue weighted by molar-refractivity contribution is 0.0697. The molecule has 4 heteroatoms. The van der Waals surface area contributed by atoms with Crippen LogP contribution in [0.15, 0.2) is 54.6 Å². The van der Waals surface area contributed by atoms with Crippen LogP contribution in [-0.2, 0) is 0 Å². The van der Waals surface area contributed by atoms with Crippen molar-refractivity contribution in [3.05, 3.63) is 60.2 Å². The monoisotopic (exact) mass is 312 g/mol. The molecule has 0 spiro atoms. The number of carboxylic acid groups (broad SMARTS) is 1. The number of anilines is 2. The number of benzene rings is 2. The van der Waals surface area contributed by atoms with Gasteiger partial charge >= 0.3 is 5.97 Å². The van der Waals surface area contributed by atoms with Crippen molar-refractivity contribution >= 4 is 17.3 Å². The lowest BCUT2D eigenvalue weighted by Gasteiger charge is -2.18. The standard InChI is InChI=1S/C12H18N2.C7H6O2/c1-3-4-9-14-10-13(2)11-7-5-6-8-12(11)14;8-7(9)6-4-2-1-3-5-6/h5-8H,3-4,9-10H2,1-2H3;1-5H,(H,8,9). The Morgan fingerprint density at radius 3 is 2.22 bits per heavy atom. The number of hydrogen-bond donors (Lipinski definition) is 1. The minimum absolute atomic E-state index is 0.331. The first-order chi connectivity index (χ1) is 11.1. The summed E-state index contributed by atoms with van der Waals surface area (Å²) in [6.07, 6.45) is 2.55. The molecule has 0 amide bonds. The highest BCUT2D eigenvalue weighted by molar-refractivity contribution is 5.87. The minimum Gasteiger partial charge on any atom is -0.478 e. The van der Waals surface area contributed by atoms with Gasteiger partial charge in [-0.3, -0.25) is 0 Å². The highest BCUT2D eigenvalue weighted by Gasteiger charge is 2.21. The van der Waals surface area contributed by atoms with Gasteiger partial charge in [0.05, 0.1) is 23.6 Å². The van der Waals surface area contributed by atoms with E-state index in [0.29, 0.717) is 5.56 Å². The van der Waals surface area contributed by atoms with Crippen LogP contribution in [0, 0.1) is 0 Å². The van der Waals surface area contributed by atoms with Gasteiger partial charge in [0.25, 0.3) is 0 Å². The molecule has 0 atom stereocenters. The molecule has 1 aliphatic heterocycles. The van der Waals surface area contributed by atoms with Crippen molar-refractivity contribution in [2.24, 2.45) is 0 Å². The maximum absolute atomic E-state index is 10.2. The van der Waals surface area contributed by atoms with Gasteiger partial charge < -0.3 is 14.9 Å². The van der Waals surface area contributed by atoms with E-state index in [9.17, 15) is 4.79 Å². The second-order valence-electron chi connectivity index (χ2n) is 5.62. The topological polar surface area (TPSA) is 43.8 Å². The van der Waals surface area contributed by atoms with Crippen LogP contribution >= 0.6 is 0 Å². The Bertz CT molecular complexity index is 628. The molecule has 3 rings (SSSR count). The predicted octanol–water partition coefficient (Wildman–Crippen LogP) is 4.09. The maximum Gasteiger partial charge on any atom is 0.335 e. The summed E-state index contributed by atoms with van der Waals surface area (Å²) in [5, 5.41) is 8.38. The first-order valence-electron chi connectivity index (χ1n) is 7.97. The van der Waals surface area contributed by atoms with Crippen LogP contribution in [0.4, 0.5) is 11.4 Å². The lowest BCUT2D eigenvalue weighted by atomic mass is 10.2. The number of fused-ring (bicyclic) bond motifs is 1. The number of hydrogen-bond acceptors (Lipinski definition) is 3. The minimum atomic E-state index is -0.879. The Morgan fingerprint density at radius 1 is 1.04 bits per heavy atom. The highest BCUT2D eigenvalue weighted by atomic mass is 16.4. The summed E-state index contributed by atoms with van der Waals surface area (Å²) in [6.45, 7) is 4.46. The summed E-state index contributed by atoms with van der Waals surface area (Å²) < 4.78 is 0. The van der Waals surface area contributed by atoms with Gasteiger partial charge in [-0.05, 0) is 30.7 Å². The summed E-state index contributed by atoms with van der Waals surface area (Å²) in [5.41, 5.74) is 3.09. The van der Waals surface area contributed by atoms with Crippen molar-refractivity contribution in [2.75, 3.05) is 30.1 Å². The van der Waals surface area contributed by atoms with Crippen LogP contribution < -0.4 is 9.80 Å². The van der Waals surface area contributed by atoms with Gasteiger partial charge in [-0.25, -0.2) is 4.79 Å². The first-order valence-corrected chi connectivity index (χ1v) is 7.97. The molecule has 122 valence electrons. The van der Waals surface area contributed by atoms with E-state index in [-0.39, 0.29) is 0 Å². The number of carbonyl (C=O) groups is 1. The molecular formula is C19H24N2O2. The fourth-order valence-electron chi connectivity index (χ4n) is 2.58. The number of rotatable bonds is 4. The van der Waals surface area contributed by atoms with Gasteiger partial charge in [0, 0.05) is 13.6 Å². The molecule has 0 radical (unpaired) electrons. The molecule has 2 aromatic carbocycles. The van der Waals surface area contributed by atoms with Crippen LogP contribution in [-0.4, -0.2) is 31.3 Å². The fraction of sp³-hybridized carbons (Fsp3) is 0.316. The van der Waals surface area contributed by atoms with Crippen molar-refractivity contribution in [2.45, 2.75) is 19.8 Å². The van der Waals surface area contributed by atoms with Gasteiger partial charge in [-0.15, -0.1) is 0 Å². The zero-order valence-corrected chi connectivity index (χ0v) is 13.8. The molecule has 0 fully saturated rings. The van der Waals surface area contributed by atoms with E-state index in [4.69, 9.17) is 5.11 Å². The average molecular weight is 312 g/mol. The third-order valence-electron chi connectivity index (χ3n) is 3.82. The largest absolute Gasteiger partial charge is 0.478 e. The second kappa shape index (κ2) is 8.22. The third-order valence-corrected chi connectivity index (χ3v) is 3.82. The second-order valence-corrected chi connectivity index (χ2v) is 5.62. The molecule has 1 N–H and O–H groups in total. The Morgan fingerprint density at radius 2 is 1.65 bits per heavy atom. The first kappa shape index (κ1) is 16.9. The van der Waals surface area contributed by atoms with E-state index in [1.807, 2.05) is 0 Å². The zero-order chi connectivity index (χ0) is 16.7. The molecule has 0 saturated carbocycles. The van der Waals surface area contributed by atoms with Crippen molar-refractivity contribution in [3.63, 3.8) is 0 Å². The summed E-state index contributed by atoms with van der Waals surface area (Å²) in [5.74, 6) is -0.879. The van der Waals surface area contributed by atoms with E-state index in [2.05, 4.69) is 48.0 Å². The van der Waals surface area contributed by atoms with Crippen LogP contribution in [0.3, 0.4) is 0 Å². The third kappa shape index (κ3) is 4.49. The van der Waals surface area contributed by atoms with E-state index in [1.165, 1.54) is 30.8 Å². The average Bonchev–Trinajstić information content (AvgIpc) is 2.91. The molecular weight excluding hydrogens is 288 g/mol. The molecule has 0 saturated heterocycles. The normalized spacial score (nSPS) is 12.4. The van der Waals surface area contributed by atoms with Gasteiger partial charge in [0.2, 0.25) is 0 Å². The summed E-state index contributed by atoms with van der Waals surface area (Å²) in [4.78, 5) is 15.0. The van der Waals surface area contributed by atoms with Crippen molar-refractivity contribution in [1.29, 1.82) is 0 Å². The number of carboxylic acids is 1. The van der Waals surface area contributed by atoms with Crippen LogP contribution in [0.2, 0.25) is 0 Å². The lowest BCUT2D eigenvalue weighted by Crippen LogP contribution is -2.28. The molecule has 0 unspecified atom stereocenters. The van der Waals surface area contributed by atoms with E-state index in [0.717, 1.165) is 6.67 Å². The van der Waals surface area contributed by atoms with Gasteiger partial charge in [-0.2, -0.15) is 0 Å². The number of para-hydroxylation sites is 2. The summed E-state index contributed by atoms with van der Waals surface area (Å²) in [6, 6.07) is 16.9. The van der Waals surface area contributed by atoms with Crippen LogP contribution in [0.5, 0.6) is 0 Å². The number of unbranched alkanes of at least 4 members (excludes halogenated alkanes) is 1. The van der Waals surface area contributed by atoms with Crippen molar-refractivity contribution < 1.29 is 9.90 Å². The predicted molar refractivity (Wildman–Crippen MR) is 95.4 cm³/mol. The summed E-state index contributed by atoms with van der Waals surface area (Å²) >= 11 is 0. The molecule has 0 bridgehead atoms. The summed E-state index contributed by atoms with van der Waals surface area (Å²) in [7, 11) is 2.16. The smallest absolute Gasteiger partial charge is 0.335 e. The number of aromatic carboxylic acids is 1. The van der Waals surface area contributed by atoms with Crippen molar-refractivity contribution in [1.82, 2.24) is 0 Å². The molecule has 4 nitrogen and oxygen atoms in total. The highest BCUT2D eigenvalue weighted by Crippen LogP contribution is 2.34. The molecule has 2 aromatic rings. The van der Waals surface area contributed by atoms with Gasteiger partial charge in [-0.1, -0.05) is 43.7 Å². The molecule has 0 aromatic heterocycles. The maximum atomic E-state index is 10.2. The molecule has 0 aliphatic carbocycles. The fourth-order valence-corrected chi connectivity index (χ4v) is 2.58. The van der Waals surface area contributed by atoms with E-state index in [1.54, 1.807) is 30.3 Å². The molecule has 23 heavy (non-hydrogen) atoms. The zero-order valence-electron chi connectivity index (χ0n) is 13.8. The number of nitrogens with zero attached hydrogens (tertiary/aromatic N) is 2. The quantitative estimate of drug-likeness (QED) is 0.923. The van der Waals surface area contributed by atoms with Crippen LogP contribution in [0.1, 0.15) is 30.1 Å².